The number of halogens is 2. The van der Waals surface area contributed by atoms with Crippen LogP contribution < -0.4 is 5.73 Å². The van der Waals surface area contributed by atoms with E-state index in [0.717, 1.165) is 22.6 Å². The molecule has 0 radical (unpaired) electrons. The van der Waals surface area contributed by atoms with Gasteiger partial charge in [-0.05, 0) is 18.2 Å². The van der Waals surface area contributed by atoms with Crippen molar-refractivity contribution in [1.29, 1.82) is 0 Å². The molecule has 0 unspecified atom stereocenters. The first-order valence-corrected chi connectivity index (χ1v) is 6.92. The van der Waals surface area contributed by atoms with Crippen molar-refractivity contribution in [2.24, 2.45) is 5.73 Å². The van der Waals surface area contributed by atoms with E-state index in [9.17, 15) is 0 Å². The van der Waals surface area contributed by atoms with Gasteiger partial charge in [-0.1, -0.05) is 35.3 Å². The third-order valence-corrected chi connectivity index (χ3v) is 3.43. The van der Waals surface area contributed by atoms with Crippen molar-refractivity contribution in [3.63, 3.8) is 0 Å². The number of rotatable bonds is 3. The molecule has 20 heavy (non-hydrogen) atoms. The minimum Gasteiger partial charge on any atom is -0.329 e. The predicted molar refractivity (Wildman–Crippen MR) is 82.0 cm³/mol. The van der Waals surface area contributed by atoms with Gasteiger partial charge in [0.25, 0.3) is 0 Å². The van der Waals surface area contributed by atoms with Gasteiger partial charge >= 0.3 is 0 Å². The maximum absolute atomic E-state index is 6.05. The van der Waals surface area contributed by atoms with Crippen LogP contribution in [0, 0.1) is 0 Å². The van der Waals surface area contributed by atoms with E-state index < -0.39 is 0 Å². The lowest BCUT2D eigenvalue weighted by atomic mass is 10.2. The molecule has 0 atom stereocenters. The van der Waals surface area contributed by atoms with Gasteiger partial charge in [0.05, 0.1) is 5.02 Å². The van der Waals surface area contributed by atoms with E-state index in [2.05, 4.69) is 9.97 Å². The topological polar surface area (TPSA) is 56.7 Å². The summed E-state index contributed by atoms with van der Waals surface area (Å²) in [6, 6.07) is 9.35. The van der Waals surface area contributed by atoms with E-state index in [-0.39, 0.29) is 0 Å². The Labute approximate surface area is 126 Å². The lowest BCUT2D eigenvalue weighted by molar-refractivity contribution is 0.729. The number of hydrogen-bond donors (Lipinski definition) is 1. The molecule has 0 aliphatic heterocycles. The van der Waals surface area contributed by atoms with Gasteiger partial charge in [0.15, 0.2) is 5.65 Å². The van der Waals surface area contributed by atoms with Crippen LogP contribution in [0.3, 0.4) is 0 Å². The van der Waals surface area contributed by atoms with E-state index in [1.54, 1.807) is 12.3 Å². The highest BCUT2D eigenvalue weighted by atomic mass is 35.5. The quantitative estimate of drug-likeness (QED) is 0.807. The Morgan fingerprint density at radius 3 is 2.75 bits per heavy atom. The molecule has 0 spiro atoms. The maximum atomic E-state index is 6.05. The SMILES string of the molecule is NCCn1c(-c2cccc(Cl)c2)nc2cc(Cl)cnc21. The molecule has 2 aromatic heterocycles. The normalized spacial score (nSPS) is 11.2. The van der Waals surface area contributed by atoms with Crippen LogP contribution in [0.2, 0.25) is 10.0 Å². The number of benzene rings is 1. The number of hydrogen-bond acceptors (Lipinski definition) is 3. The smallest absolute Gasteiger partial charge is 0.160 e. The minimum atomic E-state index is 0.503. The second-order valence-corrected chi connectivity index (χ2v) is 5.26. The van der Waals surface area contributed by atoms with Crippen molar-refractivity contribution in [3.05, 3.63) is 46.6 Å². The highest BCUT2D eigenvalue weighted by Gasteiger charge is 2.13. The second kappa shape index (κ2) is 5.40. The number of imidazole rings is 1. The minimum absolute atomic E-state index is 0.503. The molecule has 0 saturated carbocycles. The van der Waals surface area contributed by atoms with Gasteiger partial charge in [0.2, 0.25) is 0 Å². The lowest BCUT2D eigenvalue weighted by Gasteiger charge is -2.07. The molecule has 0 aliphatic rings. The Morgan fingerprint density at radius 2 is 2.00 bits per heavy atom. The third kappa shape index (κ3) is 2.38. The van der Waals surface area contributed by atoms with Crippen molar-refractivity contribution in [2.75, 3.05) is 6.54 Å². The van der Waals surface area contributed by atoms with Crippen LogP contribution in [0.1, 0.15) is 0 Å². The van der Waals surface area contributed by atoms with Gasteiger partial charge < -0.3 is 10.3 Å². The summed E-state index contributed by atoms with van der Waals surface area (Å²) in [5.74, 6) is 0.794. The largest absolute Gasteiger partial charge is 0.329 e. The first-order valence-electron chi connectivity index (χ1n) is 6.17. The Morgan fingerprint density at radius 1 is 1.15 bits per heavy atom. The highest BCUT2D eigenvalue weighted by Crippen LogP contribution is 2.26. The molecule has 0 fully saturated rings. The van der Waals surface area contributed by atoms with Crippen molar-refractivity contribution in [2.45, 2.75) is 6.54 Å². The number of nitrogens with two attached hydrogens (primary N) is 1. The van der Waals surface area contributed by atoms with Crippen molar-refractivity contribution >= 4 is 34.4 Å². The Kier molecular flexibility index (Phi) is 3.61. The third-order valence-electron chi connectivity index (χ3n) is 2.99. The van der Waals surface area contributed by atoms with E-state index in [4.69, 9.17) is 28.9 Å². The van der Waals surface area contributed by atoms with Gasteiger partial charge in [-0.2, -0.15) is 0 Å². The summed E-state index contributed by atoms with van der Waals surface area (Å²) in [5.41, 5.74) is 8.14. The van der Waals surface area contributed by atoms with E-state index >= 15 is 0 Å². The van der Waals surface area contributed by atoms with Crippen LogP contribution in [0.25, 0.3) is 22.6 Å². The molecular weight excluding hydrogens is 295 g/mol. The van der Waals surface area contributed by atoms with Crippen LogP contribution in [0.15, 0.2) is 36.5 Å². The first kappa shape index (κ1) is 13.4. The van der Waals surface area contributed by atoms with Crippen molar-refractivity contribution in [1.82, 2.24) is 14.5 Å². The summed E-state index contributed by atoms with van der Waals surface area (Å²) in [7, 11) is 0. The van der Waals surface area contributed by atoms with Crippen LogP contribution >= 0.6 is 23.2 Å². The Bertz CT molecular complexity index is 767. The van der Waals surface area contributed by atoms with Gasteiger partial charge in [0.1, 0.15) is 11.3 Å². The molecule has 4 nitrogen and oxygen atoms in total. The Hall–Kier alpha value is -1.62. The molecule has 0 aliphatic carbocycles. The average Bonchev–Trinajstić information content (AvgIpc) is 2.77. The summed E-state index contributed by atoms with van der Waals surface area (Å²) in [6.45, 7) is 1.14. The van der Waals surface area contributed by atoms with Crippen LogP contribution in [-0.2, 0) is 6.54 Å². The predicted octanol–water partition coefficient (Wildman–Crippen LogP) is 3.36. The highest BCUT2D eigenvalue weighted by molar-refractivity contribution is 6.31. The maximum Gasteiger partial charge on any atom is 0.160 e. The standard InChI is InChI=1S/C14H12Cl2N4/c15-10-3-1-2-9(6-10)13-19-12-7-11(16)8-18-14(12)20(13)5-4-17/h1-3,6-8H,4-5,17H2. The summed E-state index contributed by atoms with van der Waals surface area (Å²) < 4.78 is 1.98. The molecule has 6 heteroatoms. The molecule has 2 N–H and O–H groups in total. The molecule has 0 bridgehead atoms. The summed E-state index contributed by atoms with van der Waals surface area (Å²) >= 11 is 12.0. The Balaban J connectivity index is 2.25. The molecule has 3 aromatic rings. The van der Waals surface area contributed by atoms with E-state index in [1.165, 1.54) is 0 Å². The fourth-order valence-corrected chi connectivity index (χ4v) is 2.52. The fourth-order valence-electron chi connectivity index (χ4n) is 2.18. The molecule has 2 heterocycles. The summed E-state index contributed by atoms with van der Waals surface area (Å²) in [6.07, 6.45) is 1.61. The van der Waals surface area contributed by atoms with Crippen LogP contribution in [0.4, 0.5) is 0 Å². The molecule has 1 aromatic carbocycles. The molecule has 102 valence electrons. The van der Waals surface area contributed by atoms with Crippen LogP contribution in [-0.4, -0.2) is 21.1 Å². The average molecular weight is 307 g/mol. The molecular formula is C14H12Cl2N4. The number of pyridine rings is 1. The second-order valence-electron chi connectivity index (χ2n) is 4.38. The number of fused-ring (bicyclic) bond motifs is 1. The zero-order chi connectivity index (χ0) is 14.1. The van der Waals surface area contributed by atoms with Crippen molar-refractivity contribution < 1.29 is 0 Å². The monoisotopic (exact) mass is 306 g/mol. The first-order chi connectivity index (χ1) is 9.69. The zero-order valence-electron chi connectivity index (χ0n) is 10.6. The van der Waals surface area contributed by atoms with Gasteiger partial charge in [-0.25, -0.2) is 9.97 Å². The molecule has 0 saturated heterocycles. The zero-order valence-corrected chi connectivity index (χ0v) is 12.1. The van der Waals surface area contributed by atoms with Gasteiger partial charge in [-0.3, -0.25) is 0 Å². The summed E-state index contributed by atoms with van der Waals surface area (Å²) in [4.78, 5) is 8.95. The number of nitrogens with zero attached hydrogens (tertiary/aromatic N) is 3. The molecule has 0 amide bonds. The molecule has 3 rings (SSSR count). The van der Waals surface area contributed by atoms with Crippen molar-refractivity contribution in [3.8, 4) is 11.4 Å². The van der Waals surface area contributed by atoms with Gasteiger partial charge in [-0.15, -0.1) is 0 Å². The lowest BCUT2D eigenvalue weighted by Crippen LogP contribution is -2.11. The van der Waals surface area contributed by atoms with E-state index in [0.29, 0.717) is 23.1 Å². The van der Waals surface area contributed by atoms with Gasteiger partial charge in [0, 0.05) is 29.9 Å². The number of aromatic nitrogens is 3. The van der Waals surface area contributed by atoms with Crippen LogP contribution in [0.5, 0.6) is 0 Å². The summed E-state index contributed by atoms with van der Waals surface area (Å²) in [5, 5.41) is 1.23. The fraction of sp³-hybridized carbons (Fsp3) is 0.143. The van der Waals surface area contributed by atoms with E-state index in [1.807, 2.05) is 28.8 Å².